The first-order valence-corrected chi connectivity index (χ1v) is 14.0. The Morgan fingerprint density at radius 3 is 2.61 bits per heavy atom. The number of carbonyl (C=O) groups is 2. The zero-order chi connectivity index (χ0) is 27.1. The van der Waals surface area contributed by atoms with Crippen LogP contribution in [0.2, 0.25) is 0 Å². The topological polar surface area (TPSA) is 89.0 Å². The second-order valence-corrected chi connectivity index (χ2v) is 11.3. The SMILES string of the molecule is CCOc1ccc(/C(O)=C2\C(=O)C(=O)N(c3nc4cc(C)c(OC)cc4s3)C2c2cccs2)cc1C(C)C. The molecule has 1 amide bonds. The van der Waals surface area contributed by atoms with E-state index in [1.165, 1.54) is 27.6 Å². The van der Waals surface area contributed by atoms with Gasteiger partial charge in [0.25, 0.3) is 5.78 Å². The quantitative estimate of drug-likeness (QED) is 0.155. The second kappa shape index (κ2) is 10.2. The van der Waals surface area contributed by atoms with Crippen molar-refractivity contribution in [2.45, 2.75) is 39.7 Å². The number of ketones is 1. The summed E-state index contributed by atoms with van der Waals surface area (Å²) < 4.78 is 12.0. The van der Waals surface area contributed by atoms with E-state index in [-0.39, 0.29) is 17.3 Å². The number of benzene rings is 2. The lowest BCUT2D eigenvalue weighted by Gasteiger charge is -2.21. The fraction of sp³-hybridized carbons (Fsp3) is 0.276. The van der Waals surface area contributed by atoms with Crippen molar-refractivity contribution in [3.05, 3.63) is 75.0 Å². The van der Waals surface area contributed by atoms with Gasteiger partial charge in [0.05, 0.1) is 29.5 Å². The third kappa shape index (κ3) is 4.35. The molecule has 2 aromatic heterocycles. The number of fused-ring (bicyclic) bond motifs is 1. The van der Waals surface area contributed by atoms with E-state index in [1.807, 2.05) is 63.4 Å². The van der Waals surface area contributed by atoms with Crippen LogP contribution >= 0.6 is 22.7 Å². The van der Waals surface area contributed by atoms with Crippen LogP contribution < -0.4 is 14.4 Å². The first kappa shape index (κ1) is 25.9. The average Bonchev–Trinajstić information content (AvgIpc) is 3.62. The Bertz CT molecular complexity index is 1570. The zero-order valence-corrected chi connectivity index (χ0v) is 23.4. The van der Waals surface area contributed by atoms with E-state index in [9.17, 15) is 14.7 Å². The molecule has 1 aliphatic heterocycles. The average molecular weight is 549 g/mol. The van der Waals surface area contributed by atoms with Gasteiger partial charge in [0, 0.05) is 10.4 Å². The molecule has 1 aliphatic rings. The summed E-state index contributed by atoms with van der Waals surface area (Å²) in [5.74, 6) is -0.0945. The number of rotatable bonds is 7. The number of nitrogens with zero attached hydrogens (tertiary/aromatic N) is 2. The molecule has 0 radical (unpaired) electrons. The fourth-order valence-electron chi connectivity index (χ4n) is 4.71. The number of aliphatic hydroxyl groups excluding tert-OH is 1. The van der Waals surface area contributed by atoms with Gasteiger partial charge in [-0.05, 0) is 72.7 Å². The molecule has 5 rings (SSSR count). The van der Waals surface area contributed by atoms with Crippen LogP contribution in [0.25, 0.3) is 16.0 Å². The molecule has 4 aromatic rings. The van der Waals surface area contributed by atoms with Gasteiger partial charge in [0.1, 0.15) is 23.3 Å². The van der Waals surface area contributed by atoms with Crippen LogP contribution in [0.3, 0.4) is 0 Å². The number of methoxy groups -OCH3 is 1. The van der Waals surface area contributed by atoms with E-state index >= 15 is 0 Å². The predicted octanol–water partition coefficient (Wildman–Crippen LogP) is 6.82. The number of thiazole rings is 1. The highest BCUT2D eigenvalue weighted by Gasteiger charge is 2.48. The van der Waals surface area contributed by atoms with Crippen molar-refractivity contribution < 1.29 is 24.2 Å². The van der Waals surface area contributed by atoms with Crippen molar-refractivity contribution in [1.82, 2.24) is 4.98 Å². The molecular formula is C29H28N2O5S2. The Labute approximate surface area is 229 Å². The molecule has 1 N–H and O–H groups in total. The number of carbonyl (C=O) groups excluding carboxylic acids is 2. The van der Waals surface area contributed by atoms with Gasteiger partial charge in [-0.3, -0.25) is 14.5 Å². The first-order chi connectivity index (χ1) is 18.2. The highest BCUT2D eigenvalue weighted by Crippen LogP contribution is 2.46. The largest absolute Gasteiger partial charge is 0.507 e. The molecule has 0 bridgehead atoms. The minimum atomic E-state index is -0.798. The molecule has 0 aliphatic carbocycles. The van der Waals surface area contributed by atoms with E-state index in [1.54, 1.807) is 19.2 Å². The van der Waals surface area contributed by atoms with Crippen LogP contribution in [-0.2, 0) is 9.59 Å². The van der Waals surface area contributed by atoms with Gasteiger partial charge in [0.2, 0.25) is 0 Å². The van der Waals surface area contributed by atoms with E-state index in [4.69, 9.17) is 14.5 Å². The standard InChI is InChI=1S/C29H28N2O5S2/c1-6-36-20-10-9-17(13-18(20)15(2)3)26(32)24-25(22-8-7-11-37-22)31(28(34)27(24)33)29-30-19-12-16(4)21(35-5)14-23(19)38-29/h7-15,25,32H,6H2,1-5H3/b26-24+. The Hall–Kier alpha value is -3.69. The van der Waals surface area contributed by atoms with E-state index < -0.39 is 17.7 Å². The zero-order valence-electron chi connectivity index (χ0n) is 21.8. The number of aliphatic hydroxyl groups is 1. The van der Waals surface area contributed by atoms with E-state index in [0.29, 0.717) is 22.8 Å². The van der Waals surface area contributed by atoms with Crippen LogP contribution in [0.5, 0.6) is 11.5 Å². The van der Waals surface area contributed by atoms with Gasteiger partial charge in [-0.25, -0.2) is 4.98 Å². The molecule has 196 valence electrons. The molecule has 1 fully saturated rings. The van der Waals surface area contributed by atoms with Crippen molar-refractivity contribution in [3.63, 3.8) is 0 Å². The maximum absolute atomic E-state index is 13.5. The van der Waals surface area contributed by atoms with Crippen LogP contribution in [0.1, 0.15) is 54.3 Å². The summed E-state index contributed by atoms with van der Waals surface area (Å²) in [6, 6.07) is 12.1. The van der Waals surface area contributed by atoms with Crippen molar-refractivity contribution in [3.8, 4) is 11.5 Å². The summed E-state index contributed by atoms with van der Waals surface area (Å²) in [5, 5.41) is 13.8. The van der Waals surface area contributed by atoms with Crippen LogP contribution in [0.4, 0.5) is 5.13 Å². The molecule has 0 spiro atoms. The van der Waals surface area contributed by atoms with Gasteiger partial charge in [-0.2, -0.15) is 0 Å². The van der Waals surface area contributed by atoms with Gasteiger partial charge in [-0.15, -0.1) is 11.3 Å². The summed E-state index contributed by atoms with van der Waals surface area (Å²) in [6.45, 7) is 8.44. The van der Waals surface area contributed by atoms with Crippen molar-refractivity contribution in [2.24, 2.45) is 0 Å². The maximum Gasteiger partial charge on any atom is 0.301 e. The smallest absolute Gasteiger partial charge is 0.301 e. The number of anilines is 1. The summed E-state index contributed by atoms with van der Waals surface area (Å²) in [5.41, 5.74) is 3.05. The summed E-state index contributed by atoms with van der Waals surface area (Å²) >= 11 is 2.73. The van der Waals surface area contributed by atoms with Crippen LogP contribution in [-0.4, -0.2) is 35.5 Å². The fourth-order valence-corrected chi connectivity index (χ4v) is 6.53. The molecule has 1 atom stereocenters. The molecule has 2 aromatic carbocycles. The number of aryl methyl sites for hydroxylation is 1. The minimum absolute atomic E-state index is 0.0457. The molecule has 38 heavy (non-hydrogen) atoms. The second-order valence-electron chi connectivity index (χ2n) is 9.31. The van der Waals surface area contributed by atoms with Crippen molar-refractivity contribution >= 4 is 55.5 Å². The highest BCUT2D eigenvalue weighted by molar-refractivity contribution is 7.22. The number of Topliss-reactive ketones (excluding diaryl/α,β-unsaturated/α-hetero) is 1. The number of thiophene rings is 1. The third-order valence-electron chi connectivity index (χ3n) is 6.56. The van der Waals surface area contributed by atoms with E-state index in [0.717, 1.165) is 32.2 Å². The molecular weight excluding hydrogens is 520 g/mol. The van der Waals surface area contributed by atoms with E-state index in [2.05, 4.69) is 0 Å². The Morgan fingerprint density at radius 2 is 1.95 bits per heavy atom. The number of ether oxygens (including phenoxy) is 2. The first-order valence-electron chi connectivity index (χ1n) is 12.3. The number of amides is 1. The molecule has 1 saturated heterocycles. The molecule has 9 heteroatoms. The third-order valence-corrected chi connectivity index (χ3v) is 8.50. The Morgan fingerprint density at radius 1 is 1.16 bits per heavy atom. The van der Waals surface area contributed by atoms with Gasteiger partial charge >= 0.3 is 5.91 Å². The van der Waals surface area contributed by atoms with Crippen LogP contribution in [0, 0.1) is 6.92 Å². The van der Waals surface area contributed by atoms with Gasteiger partial charge in [-0.1, -0.05) is 31.3 Å². The molecule has 7 nitrogen and oxygen atoms in total. The van der Waals surface area contributed by atoms with Crippen molar-refractivity contribution in [1.29, 1.82) is 0 Å². The predicted molar refractivity (Wildman–Crippen MR) is 152 cm³/mol. The number of hydrogen-bond acceptors (Lipinski definition) is 8. The molecule has 3 heterocycles. The number of hydrogen-bond donors (Lipinski definition) is 1. The van der Waals surface area contributed by atoms with Gasteiger partial charge < -0.3 is 14.6 Å². The summed E-state index contributed by atoms with van der Waals surface area (Å²) in [6.07, 6.45) is 0. The summed E-state index contributed by atoms with van der Waals surface area (Å²) in [4.78, 5) is 33.9. The van der Waals surface area contributed by atoms with Gasteiger partial charge in [0.15, 0.2) is 5.13 Å². The van der Waals surface area contributed by atoms with Crippen LogP contribution in [0.15, 0.2) is 53.4 Å². The lowest BCUT2D eigenvalue weighted by molar-refractivity contribution is -0.132. The monoisotopic (exact) mass is 548 g/mol. The minimum Gasteiger partial charge on any atom is -0.507 e. The molecule has 0 saturated carbocycles. The summed E-state index contributed by atoms with van der Waals surface area (Å²) in [7, 11) is 1.61. The lowest BCUT2D eigenvalue weighted by atomic mass is 9.95. The van der Waals surface area contributed by atoms with Crippen molar-refractivity contribution in [2.75, 3.05) is 18.6 Å². The molecule has 1 unspecified atom stereocenters. The Kier molecular flexibility index (Phi) is 6.98. The number of aromatic nitrogens is 1. The normalized spacial score (nSPS) is 17.1. The Balaban J connectivity index is 1.68. The highest BCUT2D eigenvalue weighted by atomic mass is 32.1. The maximum atomic E-state index is 13.5. The lowest BCUT2D eigenvalue weighted by Crippen LogP contribution is -2.28.